The number of aromatic amines is 1. The second-order valence-electron chi connectivity index (χ2n) is 3.74. The SMILES string of the molecule is CCc1cc(C(=O)NCc2ncc[nH]2)cc(Cl)n1. The monoisotopic (exact) mass is 264 g/mol. The summed E-state index contributed by atoms with van der Waals surface area (Å²) in [5, 5.41) is 3.09. The second-order valence-corrected chi connectivity index (χ2v) is 4.13. The highest BCUT2D eigenvalue weighted by Gasteiger charge is 2.09. The number of hydrogen-bond acceptors (Lipinski definition) is 3. The molecule has 0 saturated heterocycles. The summed E-state index contributed by atoms with van der Waals surface area (Å²) in [6, 6.07) is 3.29. The van der Waals surface area contributed by atoms with Gasteiger partial charge < -0.3 is 10.3 Å². The molecule has 2 heterocycles. The molecule has 5 nitrogen and oxygen atoms in total. The highest BCUT2D eigenvalue weighted by atomic mass is 35.5. The van der Waals surface area contributed by atoms with Crippen molar-refractivity contribution in [1.82, 2.24) is 20.3 Å². The lowest BCUT2D eigenvalue weighted by atomic mass is 10.2. The van der Waals surface area contributed by atoms with Crippen molar-refractivity contribution in [1.29, 1.82) is 0 Å². The van der Waals surface area contributed by atoms with Gasteiger partial charge in [0.05, 0.1) is 6.54 Å². The number of nitrogens with one attached hydrogen (secondary N) is 2. The van der Waals surface area contributed by atoms with Gasteiger partial charge >= 0.3 is 0 Å². The third-order valence-corrected chi connectivity index (χ3v) is 2.64. The van der Waals surface area contributed by atoms with E-state index in [9.17, 15) is 4.79 Å². The Hall–Kier alpha value is -1.88. The third kappa shape index (κ3) is 3.07. The third-order valence-electron chi connectivity index (χ3n) is 2.44. The van der Waals surface area contributed by atoms with E-state index in [0.717, 1.165) is 12.1 Å². The van der Waals surface area contributed by atoms with Crippen LogP contribution in [0.4, 0.5) is 0 Å². The number of amides is 1. The number of H-pyrrole nitrogens is 1. The molecule has 0 aliphatic carbocycles. The van der Waals surface area contributed by atoms with E-state index in [1.54, 1.807) is 24.5 Å². The average Bonchev–Trinajstić information content (AvgIpc) is 2.88. The van der Waals surface area contributed by atoms with E-state index < -0.39 is 0 Å². The van der Waals surface area contributed by atoms with Crippen molar-refractivity contribution in [2.24, 2.45) is 0 Å². The number of rotatable bonds is 4. The van der Waals surface area contributed by atoms with Crippen molar-refractivity contribution in [3.63, 3.8) is 0 Å². The van der Waals surface area contributed by atoms with Gasteiger partial charge in [-0.2, -0.15) is 0 Å². The molecule has 0 saturated carbocycles. The minimum absolute atomic E-state index is 0.189. The fraction of sp³-hybridized carbons (Fsp3) is 0.250. The number of hydrogen-bond donors (Lipinski definition) is 2. The number of nitrogens with zero attached hydrogens (tertiary/aromatic N) is 2. The lowest BCUT2D eigenvalue weighted by Crippen LogP contribution is -2.23. The first-order valence-corrected chi connectivity index (χ1v) is 5.99. The molecule has 0 aliphatic heterocycles. The molecular formula is C12H13ClN4O. The van der Waals surface area contributed by atoms with Crippen molar-refractivity contribution >= 4 is 17.5 Å². The van der Waals surface area contributed by atoms with Gasteiger partial charge in [0.15, 0.2) is 0 Å². The fourth-order valence-corrected chi connectivity index (χ4v) is 1.75. The first-order valence-electron chi connectivity index (χ1n) is 5.62. The van der Waals surface area contributed by atoms with E-state index in [-0.39, 0.29) is 5.91 Å². The molecule has 2 aromatic heterocycles. The Balaban J connectivity index is 2.06. The van der Waals surface area contributed by atoms with E-state index in [1.807, 2.05) is 6.92 Å². The van der Waals surface area contributed by atoms with Crippen LogP contribution in [0, 0.1) is 0 Å². The average molecular weight is 265 g/mol. The van der Waals surface area contributed by atoms with Crippen molar-refractivity contribution < 1.29 is 4.79 Å². The molecule has 0 radical (unpaired) electrons. The van der Waals surface area contributed by atoms with Crippen LogP contribution in [0.25, 0.3) is 0 Å². The van der Waals surface area contributed by atoms with Gasteiger partial charge in [0.25, 0.3) is 5.91 Å². The minimum atomic E-state index is -0.189. The molecule has 2 rings (SSSR count). The van der Waals surface area contributed by atoms with Crippen molar-refractivity contribution in [2.75, 3.05) is 0 Å². The molecule has 1 amide bonds. The maximum Gasteiger partial charge on any atom is 0.251 e. The topological polar surface area (TPSA) is 70.7 Å². The normalized spacial score (nSPS) is 10.3. The zero-order chi connectivity index (χ0) is 13.0. The molecule has 94 valence electrons. The highest BCUT2D eigenvalue weighted by molar-refractivity contribution is 6.29. The van der Waals surface area contributed by atoms with Gasteiger partial charge in [0.1, 0.15) is 11.0 Å². The summed E-state index contributed by atoms with van der Waals surface area (Å²) in [6.07, 6.45) is 4.08. The quantitative estimate of drug-likeness (QED) is 0.829. The number of carbonyl (C=O) groups is 1. The predicted octanol–water partition coefficient (Wildman–Crippen LogP) is 1.95. The first kappa shape index (κ1) is 12.6. The summed E-state index contributed by atoms with van der Waals surface area (Å²) in [6.45, 7) is 2.32. The molecular weight excluding hydrogens is 252 g/mol. The first-order chi connectivity index (χ1) is 8.69. The van der Waals surface area contributed by atoms with E-state index in [0.29, 0.717) is 23.1 Å². The summed E-state index contributed by atoms with van der Waals surface area (Å²) in [4.78, 5) is 23.0. The Morgan fingerprint density at radius 1 is 1.50 bits per heavy atom. The van der Waals surface area contributed by atoms with Crippen LogP contribution in [0.5, 0.6) is 0 Å². The van der Waals surface area contributed by atoms with Crippen LogP contribution in [0.1, 0.15) is 28.8 Å². The van der Waals surface area contributed by atoms with E-state index >= 15 is 0 Å². The van der Waals surface area contributed by atoms with Gasteiger partial charge in [0.2, 0.25) is 0 Å². The molecule has 0 aliphatic rings. The summed E-state index contributed by atoms with van der Waals surface area (Å²) in [7, 11) is 0. The van der Waals surface area contributed by atoms with E-state index in [4.69, 9.17) is 11.6 Å². The number of carbonyl (C=O) groups excluding carboxylic acids is 1. The summed E-state index contributed by atoms with van der Waals surface area (Å²) in [5.41, 5.74) is 1.31. The van der Waals surface area contributed by atoms with Crippen LogP contribution in [-0.2, 0) is 13.0 Å². The summed E-state index contributed by atoms with van der Waals surface area (Å²) < 4.78 is 0. The van der Waals surface area contributed by atoms with Crippen LogP contribution in [-0.4, -0.2) is 20.9 Å². The van der Waals surface area contributed by atoms with Gasteiger partial charge in [-0.15, -0.1) is 0 Å². The van der Waals surface area contributed by atoms with Crippen LogP contribution < -0.4 is 5.32 Å². The molecule has 0 aromatic carbocycles. The van der Waals surface area contributed by atoms with E-state index in [2.05, 4.69) is 20.3 Å². The number of halogens is 1. The maximum atomic E-state index is 11.9. The number of imidazole rings is 1. The Kier molecular flexibility index (Phi) is 3.94. The van der Waals surface area contributed by atoms with Crippen molar-refractivity contribution in [2.45, 2.75) is 19.9 Å². The Bertz CT molecular complexity index is 539. The van der Waals surface area contributed by atoms with Gasteiger partial charge in [-0.1, -0.05) is 18.5 Å². The largest absolute Gasteiger partial charge is 0.347 e. The second kappa shape index (κ2) is 5.64. The van der Waals surface area contributed by atoms with Gasteiger partial charge in [0, 0.05) is 23.7 Å². The maximum absolute atomic E-state index is 11.9. The lowest BCUT2D eigenvalue weighted by molar-refractivity contribution is 0.0949. The molecule has 2 aromatic rings. The lowest BCUT2D eigenvalue weighted by Gasteiger charge is -2.05. The number of aromatic nitrogens is 3. The zero-order valence-electron chi connectivity index (χ0n) is 9.90. The van der Waals surface area contributed by atoms with Crippen LogP contribution in [0.15, 0.2) is 24.5 Å². The van der Waals surface area contributed by atoms with Crippen molar-refractivity contribution in [3.05, 3.63) is 46.8 Å². The molecule has 0 unspecified atom stereocenters. The molecule has 6 heteroatoms. The molecule has 18 heavy (non-hydrogen) atoms. The summed E-state index contributed by atoms with van der Waals surface area (Å²) >= 11 is 5.86. The predicted molar refractivity (Wildman–Crippen MR) is 68.4 cm³/mol. The van der Waals surface area contributed by atoms with Gasteiger partial charge in [-0.25, -0.2) is 9.97 Å². The molecule has 2 N–H and O–H groups in total. The standard InChI is InChI=1S/C12H13ClN4O/c1-2-9-5-8(6-10(13)17-9)12(18)16-7-11-14-3-4-15-11/h3-6H,2,7H2,1H3,(H,14,15)(H,16,18). The summed E-state index contributed by atoms with van der Waals surface area (Å²) in [5.74, 6) is 0.518. The zero-order valence-corrected chi connectivity index (χ0v) is 10.7. The number of pyridine rings is 1. The molecule has 0 spiro atoms. The van der Waals surface area contributed by atoms with E-state index in [1.165, 1.54) is 0 Å². The number of aryl methyl sites for hydroxylation is 1. The van der Waals surface area contributed by atoms with Gasteiger partial charge in [-0.05, 0) is 18.6 Å². The molecule has 0 fully saturated rings. The Morgan fingerprint density at radius 2 is 2.33 bits per heavy atom. The van der Waals surface area contributed by atoms with Crippen LogP contribution in [0.2, 0.25) is 5.15 Å². The smallest absolute Gasteiger partial charge is 0.251 e. The molecule has 0 atom stereocenters. The fourth-order valence-electron chi connectivity index (χ4n) is 1.52. The minimum Gasteiger partial charge on any atom is -0.347 e. The Labute approximate surface area is 110 Å². The van der Waals surface area contributed by atoms with Crippen molar-refractivity contribution in [3.8, 4) is 0 Å². The van der Waals surface area contributed by atoms with Gasteiger partial charge in [-0.3, -0.25) is 4.79 Å². The highest BCUT2D eigenvalue weighted by Crippen LogP contribution is 2.11. The van der Waals surface area contributed by atoms with Crippen LogP contribution in [0.3, 0.4) is 0 Å². The van der Waals surface area contributed by atoms with Crippen LogP contribution >= 0.6 is 11.6 Å². The molecule has 0 bridgehead atoms. The Morgan fingerprint density at radius 3 is 3.00 bits per heavy atom.